The molecule has 98 valence electrons. The summed E-state index contributed by atoms with van der Waals surface area (Å²) in [7, 11) is 1.60. The van der Waals surface area contributed by atoms with E-state index in [2.05, 4.69) is 25.9 Å². The zero-order valence-corrected chi connectivity index (χ0v) is 12.9. The summed E-state index contributed by atoms with van der Waals surface area (Å²) < 4.78 is 0.672. The molecule has 0 aromatic carbocycles. The van der Waals surface area contributed by atoms with Crippen LogP contribution in [0, 0.1) is 0 Å². The molecule has 0 aliphatic heterocycles. The van der Waals surface area contributed by atoms with E-state index in [1.54, 1.807) is 31.4 Å². The molecular formula is C12H8BrCl2N3O. The third kappa shape index (κ3) is 3.05. The highest BCUT2D eigenvalue weighted by Crippen LogP contribution is 2.25. The molecule has 0 atom stereocenters. The Balaban J connectivity index is 2.39. The fourth-order valence-electron chi connectivity index (χ4n) is 1.49. The molecule has 4 nitrogen and oxygen atoms in total. The van der Waals surface area contributed by atoms with Crippen LogP contribution in [0.15, 0.2) is 35.1 Å². The third-order valence-corrected chi connectivity index (χ3v) is 3.47. The molecule has 19 heavy (non-hydrogen) atoms. The summed E-state index contributed by atoms with van der Waals surface area (Å²) in [6.07, 6.45) is 3.08. The Morgan fingerprint density at radius 1 is 1.32 bits per heavy atom. The van der Waals surface area contributed by atoms with Gasteiger partial charge in [0.25, 0.3) is 5.91 Å². The minimum atomic E-state index is -0.311. The van der Waals surface area contributed by atoms with Crippen molar-refractivity contribution in [2.24, 2.45) is 0 Å². The number of pyridine rings is 2. The summed E-state index contributed by atoms with van der Waals surface area (Å²) in [5.74, 6) is -0.311. The van der Waals surface area contributed by atoms with Crippen LogP contribution >= 0.6 is 39.1 Å². The fraction of sp³-hybridized carbons (Fsp3) is 0.0833. The summed E-state index contributed by atoms with van der Waals surface area (Å²) >= 11 is 15.1. The quantitative estimate of drug-likeness (QED) is 0.764. The average Bonchev–Trinajstić information content (AvgIpc) is 2.40. The molecule has 0 unspecified atom stereocenters. The highest BCUT2D eigenvalue weighted by molar-refractivity contribution is 9.10. The molecule has 0 spiro atoms. The topological polar surface area (TPSA) is 46.1 Å². The zero-order valence-electron chi connectivity index (χ0n) is 9.77. The van der Waals surface area contributed by atoms with Crippen molar-refractivity contribution in [3.8, 4) is 0 Å². The molecule has 7 heteroatoms. The lowest BCUT2D eigenvalue weighted by atomic mass is 10.2. The van der Waals surface area contributed by atoms with E-state index >= 15 is 0 Å². The molecule has 0 fully saturated rings. The average molecular weight is 361 g/mol. The Kier molecular flexibility index (Phi) is 4.39. The van der Waals surface area contributed by atoms with Crippen molar-refractivity contribution in [1.29, 1.82) is 0 Å². The summed E-state index contributed by atoms with van der Waals surface area (Å²) in [5.41, 5.74) is 0.795. The monoisotopic (exact) mass is 359 g/mol. The van der Waals surface area contributed by atoms with Crippen LogP contribution in [0.4, 0.5) is 5.69 Å². The second-order valence-corrected chi connectivity index (χ2v) is 5.30. The molecule has 2 aromatic rings. The van der Waals surface area contributed by atoms with Crippen molar-refractivity contribution < 1.29 is 4.79 Å². The molecular weight excluding hydrogens is 353 g/mol. The maximum absolute atomic E-state index is 12.4. The molecule has 0 aliphatic rings. The van der Waals surface area contributed by atoms with Gasteiger partial charge in [0, 0.05) is 23.9 Å². The number of rotatable bonds is 2. The van der Waals surface area contributed by atoms with Crippen LogP contribution in [-0.4, -0.2) is 22.9 Å². The minimum Gasteiger partial charge on any atom is -0.308 e. The second-order valence-electron chi connectivity index (χ2n) is 3.67. The van der Waals surface area contributed by atoms with Gasteiger partial charge >= 0.3 is 0 Å². The maximum atomic E-state index is 12.4. The van der Waals surface area contributed by atoms with Gasteiger partial charge in [-0.05, 0) is 34.1 Å². The van der Waals surface area contributed by atoms with Gasteiger partial charge in [0.1, 0.15) is 5.15 Å². The number of nitrogens with zero attached hydrogens (tertiary/aromatic N) is 3. The van der Waals surface area contributed by atoms with Crippen LogP contribution in [0.3, 0.4) is 0 Å². The van der Waals surface area contributed by atoms with E-state index < -0.39 is 0 Å². The number of hydrogen-bond acceptors (Lipinski definition) is 3. The van der Waals surface area contributed by atoms with Crippen molar-refractivity contribution in [1.82, 2.24) is 9.97 Å². The lowest BCUT2D eigenvalue weighted by molar-refractivity contribution is 0.0992. The number of anilines is 1. The Morgan fingerprint density at radius 3 is 2.74 bits per heavy atom. The molecule has 1 amide bonds. The van der Waals surface area contributed by atoms with Gasteiger partial charge in [-0.25, -0.2) is 9.97 Å². The van der Waals surface area contributed by atoms with Crippen molar-refractivity contribution in [3.63, 3.8) is 0 Å². The Morgan fingerprint density at radius 2 is 2.05 bits per heavy atom. The highest BCUT2D eigenvalue weighted by Gasteiger charge is 2.19. The summed E-state index contributed by atoms with van der Waals surface area (Å²) in [5, 5.41) is 0.387. The van der Waals surface area contributed by atoms with Crippen LogP contribution in [0.5, 0.6) is 0 Å². The Labute approximate surface area is 128 Å². The van der Waals surface area contributed by atoms with Crippen LogP contribution in [-0.2, 0) is 0 Å². The van der Waals surface area contributed by atoms with E-state index in [-0.39, 0.29) is 16.2 Å². The molecule has 0 radical (unpaired) electrons. The lowest BCUT2D eigenvalue weighted by Gasteiger charge is -2.18. The smallest absolute Gasteiger partial charge is 0.261 e. The Bertz CT molecular complexity index is 636. The van der Waals surface area contributed by atoms with Gasteiger partial charge in [0.2, 0.25) is 0 Å². The van der Waals surface area contributed by atoms with Gasteiger partial charge in [-0.3, -0.25) is 4.79 Å². The first-order chi connectivity index (χ1) is 9.00. The van der Waals surface area contributed by atoms with Crippen molar-refractivity contribution in [2.45, 2.75) is 0 Å². The molecule has 0 bridgehead atoms. The predicted molar refractivity (Wildman–Crippen MR) is 78.9 cm³/mol. The molecule has 2 aromatic heterocycles. The molecule has 0 saturated carbocycles. The Hall–Kier alpha value is -1.17. The highest BCUT2D eigenvalue weighted by atomic mass is 79.9. The third-order valence-electron chi connectivity index (χ3n) is 2.44. The first-order valence-electron chi connectivity index (χ1n) is 5.20. The maximum Gasteiger partial charge on any atom is 0.261 e. The fourth-order valence-corrected chi connectivity index (χ4v) is 2.25. The first kappa shape index (κ1) is 14.2. The van der Waals surface area contributed by atoms with Crippen molar-refractivity contribution in [3.05, 3.63) is 50.9 Å². The predicted octanol–water partition coefficient (Wildman–Crippen LogP) is 3.82. The molecule has 0 saturated heterocycles. The number of halogens is 3. The molecule has 0 aliphatic carbocycles. The van der Waals surface area contributed by atoms with Gasteiger partial charge in [0.15, 0.2) is 5.15 Å². The van der Waals surface area contributed by atoms with Gasteiger partial charge in [-0.15, -0.1) is 0 Å². The second kappa shape index (κ2) is 5.86. The minimum absolute atomic E-state index is 0.139. The normalized spacial score (nSPS) is 10.3. The van der Waals surface area contributed by atoms with Crippen molar-refractivity contribution >= 4 is 50.7 Å². The van der Waals surface area contributed by atoms with Crippen molar-refractivity contribution in [2.75, 3.05) is 11.9 Å². The first-order valence-corrected chi connectivity index (χ1v) is 6.75. The van der Waals surface area contributed by atoms with Crippen LogP contribution in [0.25, 0.3) is 0 Å². The number of carbonyl (C=O) groups is 1. The number of hydrogen-bond donors (Lipinski definition) is 0. The standard InChI is InChI=1S/C12H8BrCl2N3O/c1-18(9-3-2-4-16-11(9)15)12(19)8-5-7(13)6-17-10(8)14/h2-6H,1H3. The van der Waals surface area contributed by atoms with Gasteiger partial charge in [-0.2, -0.15) is 0 Å². The van der Waals surface area contributed by atoms with E-state index in [0.717, 1.165) is 0 Å². The summed E-state index contributed by atoms with van der Waals surface area (Å²) in [6.45, 7) is 0. The molecule has 2 heterocycles. The summed E-state index contributed by atoms with van der Waals surface area (Å²) in [4.78, 5) is 21.6. The number of aromatic nitrogens is 2. The van der Waals surface area contributed by atoms with E-state index in [1.807, 2.05) is 0 Å². The van der Waals surface area contributed by atoms with Gasteiger partial charge in [0.05, 0.1) is 11.3 Å². The van der Waals surface area contributed by atoms with E-state index in [9.17, 15) is 4.79 Å². The molecule has 0 N–H and O–H groups in total. The van der Waals surface area contributed by atoms with Crippen LogP contribution in [0.1, 0.15) is 10.4 Å². The van der Waals surface area contributed by atoms with Crippen LogP contribution < -0.4 is 4.90 Å². The number of amides is 1. The van der Waals surface area contributed by atoms with Crippen LogP contribution in [0.2, 0.25) is 10.3 Å². The van der Waals surface area contributed by atoms with E-state index in [0.29, 0.717) is 15.7 Å². The SMILES string of the molecule is CN(C(=O)c1cc(Br)cnc1Cl)c1cccnc1Cl. The van der Waals surface area contributed by atoms with Gasteiger partial charge < -0.3 is 4.90 Å². The number of carbonyl (C=O) groups excluding carboxylic acids is 1. The van der Waals surface area contributed by atoms with E-state index in [4.69, 9.17) is 23.2 Å². The van der Waals surface area contributed by atoms with E-state index in [1.165, 1.54) is 11.1 Å². The van der Waals surface area contributed by atoms with Gasteiger partial charge in [-0.1, -0.05) is 23.2 Å². The summed E-state index contributed by atoms with van der Waals surface area (Å²) in [6, 6.07) is 5.01. The zero-order chi connectivity index (χ0) is 14.0. The largest absolute Gasteiger partial charge is 0.308 e. The lowest BCUT2D eigenvalue weighted by Crippen LogP contribution is -2.27. The molecule has 2 rings (SSSR count).